The van der Waals surface area contributed by atoms with E-state index in [9.17, 15) is 4.79 Å². The van der Waals surface area contributed by atoms with Gasteiger partial charge in [0, 0.05) is 18.8 Å². The van der Waals surface area contributed by atoms with Crippen molar-refractivity contribution in [3.63, 3.8) is 0 Å². The molecule has 2 rings (SSSR count). The molecule has 1 N–H and O–H groups in total. The molecule has 0 aromatic carbocycles. The number of nitrogens with zero attached hydrogens (tertiary/aromatic N) is 1. The third-order valence-electron chi connectivity index (χ3n) is 3.33. The van der Waals surface area contributed by atoms with Crippen LogP contribution in [0.15, 0.2) is 0 Å². The van der Waals surface area contributed by atoms with E-state index in [1.165, 1.54) is 0 Å². The maximum absolute atomic E-state index is 11.6. The largest absolute Gasteiger partial charge is 0.465 e. The van der Waals surface area contributed by atoms with Gasteiger partial charge in [0.05, 0.1) is 11.5 Å². The van der Waals surface area contributed by atoms with Gasteiger partial charge >= 0.3 is 5.97 Å². The van der Waals surface area contributed by atoms with E-state index in [1.807, 2.05) is 18.7 Å². The summed E-state index contributed by atoms with van der Waals surface area (Å²) in [5.74, 6) is 0.758. The van der Waals surface area contributed by atoms with Crippen molar-refractivity contribution in [2.24, 2.45) is 0 Å². The van der Waals surface area contributed by atoms with Gasteiger partial charge < -0.3 is 9.64 Å². The van der Waals surface area contributed by atoms with Gasteiger partial charge in [0.1, 0.15) is 6.04 Å². The Bertz CT molecular complexity index is 274. The zero-order valence-corrected chi connectivity index (χ0v) is 13.3. The maximum Gasteiger partial charge on any atom is 0.324 e. The smallest absolute Gasteiger partial charge is 0.324 e. The normalized spacial score (nSPS) is 26.2. The predicted octanol–water partition coefficient (Wildman–Crippen LogP) is 1.52. The lowest BCUT2D eigenvalue weighted by molar-refractivity contribution is -0.145. The van der Waals surface area contributed by atoms with E-state index in [1.54, 1.807) is 0 Å². The Hall–Kier alpha value is 0.320. The van der Waals surface area contributed by atoms with E-state index < -0.39 is 0 Å². The van der Waals surface area contributed by atoms with Gasteiger partial charge in [-0.3, -0.25) is 10.1 Å². The molecule has 4 nitrogen and oxygen atoms in total. The Morgan fingerprint density at radius 3 is 2.61 bits per heavy atom. The lowest BCUT2D eigenvalue weighted by Gasteiger charge is -2.37. The molecule has 2 fully saturated rings. The summed E-state index contributed by atoms with van der Waals surface area (Å²) in [4.78, 5) is 14.1. The van der Waals surface area contributed by atoms with Crippen molar-refractivity contribution < 1.29 is 9.53 Å². The number of likely N-dealkylation sites (tertiary alicyclic amines) is 1. The number of carbonyl (C=O) groups excluding carboxylic acids is 1. The minimum absolute atomic E-state index is 0. The number of hydrogen-bond acceptors (Lipinski definition) is 5. The van der Waals surface area contributed by atoms with Crippen LogP contribution in [0.1, 0.15) is 19.8 Å². The Morgan fingerprint density at radius 2 is 2.06 bits per heavy atom. The Labute approximate surface area is 125 Å². The summed E-state index contributed by atoms with van der Waals surface area (Å²) in [7, 11) is 2.15. The molecule has 0 aliphatic carbocycles. The van der Waals surface area contributed by atoms with Crippen LogP contribution in [0.25, 0.3) is 0 Å². The third-order valence-corrected chi connectivity index (χ3v) is 4.91. The highest BCUT2D eigenvalue weighted by Gasteiger charge is 2.43. The quantitative estimate of drug-likeness (QED) is 0.782. The fourth-order valence-electron chi connectivity index (χ4n) is 2.28. The molecule has 0 radical (unpaired) electrons. The van der Waals surface area contributed by atoms with E-state index in [-0.39, 0.29) is 41.7 Å². The topological polar surface area (TPSA) is 41.6 Å². The highest BCUT2D eigenvalue weighted by Crippen LogP contribution is 2.38. The summed E-state index contributed by atoms with van der Waals surface area (Å²) in [6.45, 7) is 4.54. The van der Waals surface area contributed by atoms with E-state index in [4.69, 9.17) is 4.74 Å². The highest BCUT2D eigenvalue weighted by atomic mass is 35.5. The first kappa shape index (κ1) is 18.3. The first-order valence-electron chi connectivity index (χ1n) is 5.92. The Balaban J connectivity index is 0.00000144. The van der Waals surface area contributed by atoms with Crippen LogP contribution in [0.5, 0.6) is 0 Å². The van der Waals surface area contributed by atoms with Crippen molar-refractivity contribution in [3.05, 3.63) is 0 Å². The molecule has 108 valence electrons. The average Bonchev–Trinajstić information content (AvgIpc) is 2.68. The Morgan fingerprint density at radius 1 is 1.44 bits per heavy atom. The van der Waals surface area contributed by atoms with Crippen LogP contribution >= 0.6 is 36.6 Å². The lowest BCUT2D eigenvalue weighted by Crippen LogP contribution is -2.51. The molecule has 2 aliphatic rings. The molecule has 1 atom stereocenters. The number of halogens is 2. The van der Waals surface area contributed by atoms with Gasteiger partial charge in [-0.15, -0.1) is 36.6 Å². The fraction of sp³-hybridized carbons (Fsp3) is 0.909. The molecular formula is C11H22Cl2N2O2S. The van der Waals surface area contributed by atoms with Crippen LogP contribution in [-0.2, 0) is 9.53 Å². The molecule has 18 heavy (non-hydrogen) atoms. The van der Waals surface area contributed by atoms with E-state index >= 15 is 0 Å². The summed E-state index contributed by atoms with van der Waals surface area (Å²) in [5, 5.41) is 3.47. The summed E-state index contributed by atoms with van der Waals surface area (Å²) in [6, 6.07) is -0.103. The average molecular weight is 317 g/mol. The number of carbonyl (C=O) groups is 1. The van der Waals surface area contributed by atoms with Crippen molar-refractivity contribution in [3.8, 4) is 0 Å². The van der Waals surface area contributed by atoms with Gasteiger partial charge in [-0.1, -0.05) is 0 Å². The highest BCUT2D eigenvalue weighted by molar-refractivity contribution is 8.01. The molecule has 1 spiro atoms. The second-order valence-corrected chi connectivity index (χ2v) is 5.96. The standard InChI is InChI=1S/C11H20N2O2S.2ClH/c1-3-15-10(14)9-8-16-11(12-9)4-6-13(2)7-5-11;;/h9,12H,3-8H2,1-2H3;2*1H. The van der Waals surface area contributed by atoms with Crippen LogP contribution in [0.3, 0.4) is 0 Å². The van der Waals surface area contributed by atoms with Gasteiger partial charge in [0.2, 0.25) is 0 Å². The van der Waals surface area contributed by atoms with Gasteiger partial charge in [-0.25, -0.2) is 0 Å². The first-order valence-corrected chi connectivity index (χ1v) is 6.90. The lowest BCUT2D eigenvalue weighted by atomic mass is 10.0. The van der Waals surface area contributed by atoms with Crippen LogP contribution in [0, 0.1) is 0 Å². The molecule has 0 aromatic heterocycles. The summed E-state index contributed by atoms with van der Waals surface area (Å²) < 4.78 is 5.06. The monoisotopic (exact) mass is 316 g/mol. The molecule has 0 bridgehead atoms. The van der Waals surface area contributed by atoms with Crippen molar-refractivity contribution >= 4 is 42.5 Å². The zero-order valence-electron chi connectivity index (χ0n) is 10.8. The number of piperidine rings is 1. The van der Waals surface area contributed by atoms with Crippen LogP contribution < -0.4 is 5.32 Å². The first-order chi connectivity index (χ1) is 7.65. The SMILES string of the molecule is CCOC(=O)C1CSC2(CCN(C)CC2)N1.Cl.Cl. The minimum Gasteiger partial charge on any atom is -0.465 e. The van der Waals surface area contributed by atoms with Crippen molar-refractivity contribution in [1.82, 2.24) is 10.2 Å². The van der Waals surface area contributed by atoms with Crippen LogP contribution in [-0.4, -0.2) is 54.3 Å². The Kier molecular flexibility index (Phi) is 7.94. The van der Waals surface area contributed by atoms with Crippen molar-refractivity contribution in [2.75, 3.05) is 32.5 Å². The maximum atomic E-state index is 11.6. The second-order valence-electron chi connectivity index (χ2n) is 4.56. The molecule has 1 unspecified atom stereocenters. The summed E-state index contributed by atoms with van der Waals surface area (Å²) in [6.07, 6.45) is 2.23. The van der Waals surface area contributed by atoms with Crippen LogP contribution in [0.2, 0.25) is 0 Å². The van der Waals surface area contributed by atoms with Gasteiger partial charge in [0.15, 0.2) is 0 Å². The number of esters is 1. The number of rotatable bonds is 2. The van der Waals surface area contributed by atoms with Gasteiger partial charge in [-0.05, 0) is 26.8 Å². The fourth-order valence-corrected chi connectivity index (χ4v) is 3.68. The summed E-state index contributed by atoms with van der Waals surface area (Å²) >= 11 is 1.89. The minimum atomic E-state index is -0.103. The predicted molar refractivity (Wildman–Crippen MR) is 80.0 cm³/mol. The van der Waals surface area contributed by atoms with E-state index in [2.05, 4.69) is 17.3 Å². The number of hydrogen-bond donors (Lipinski definition) is 1. The van der Waals surface area contributed by atoms with E-state index in [0.29, 0.717) is 6.61 Å². The van der Waals surface area contributed by atoms with Crippen molar-refractivity contribution in [2.45, 2.75) is 30.7 Å². The molecule has 0 saturated carbocycles. The molecule has 2 heterocycles. The zero-order chi connectivity index (χ0) is 11.6. The number of thioether (sulfide) groups is 1. The molecule has 2 saturated heterocycles. The molecule has 0 aromatic rings. The number of ether oxygens (including phenoxy) is 1. The molecule has 2 aliphatic heterocycles. The van der Waals surface area contributed by atoms with Crippen LogP contribution in [0.4, 0.5) is 0 Å². The van der Waals surface area contributed by atoms with E-state index in [0.717, 1.165) is 31.7 Å². The second kappa shape index (κ2) is 7.80. The molecular weight excluding hydrogens is 295 g/mol. The van der Waals surface area contributed by atoms with Gasteiger partial charge in [-0.2, -0.15) is 0 Å². The summed E-state index contributed by atoms with van der Waals surface area (Å²) in [5.41, 5.74) is 0. The number of nitrogens with one attached hydrogen (secondary N) is 1. The molecule has 0 amide bonds. The third kappa shape index (κ3) is 4.17. The van der Waals surface area contributed by atoms with Crippen molar-refractivity contribution in [1.29, 1.82) is 0 Å². The molecule has 7 heteroatoms. The van der Waals surface area contributed by atoms with Gasteiger partial charge in [0.25, 0.3) is 0 Å².